The quantitative estimate of drug-likeness (QED) is 0.192. The van der Waals surface area contributed by atoms with Crippen LogP contribution in [0.15, 0.2) is 23.2 Å². The van der Waals surface area contributed by atoms with Crippen molar-refractivity contribution < 1.29 is 14.2 Å². The molecule has 1 unspecified atom stereocenters. The standard InChI is InChI=1S/C23H40N4O3.HI/c1-6-24-23(26-15-21-17-27(9-10-29-21)16-18(2)3)25-14-20-8-7-19(4)13-22(20)30-12-11-28-5;/h7-8,13,18,21H,6,9-12,14-17H2,1-5H3,(H2,24,25,26);1H. The maximum Gasteiger partial charge on any atom is 0.191 e. The smallest absolute Gasteiger partial charge is 0.191 e. The molecule has 31 heavy (non-hydrogen) atoms. The number of halogens is 1. The Morgan fingerprint density at radius 3 is 2.81 bits per heavy atom. The maximum absolute atomic E-state index is 5.95. The Kier molecular flexibility index (Phi) is 14.1. The normalized spacial score (nSPS) is 17.4. The molecule has 1 aliphatic heterocycles. The minimum atomic E-state index is 0. The van der Waals surface area contributed by atoms with Gasteiger partial charge in [0, 0.05) is 45.4 Å². The van der Waals surface area contributed by atoms with Crippen LogP contribution in [0.3, 0.4) is 0 Å². The van der Waals surface area contributed by atoms with Crippen molar-refractivity contribution in [3.63, 3.8) is 0 Å². The van der Waals surface area contributed by atoms with Crippen LogP contribution >= 0.6 is 24.0 Å². The molecule has 1 heterocycles. The van der Waals surface area contributed by atoms with Crippen LogP contribution < -0.4 is 15.4 Å². The van der Waals surface area contributed by atoms with E-state index in [1.54, 1.807) is 7.11 Å². The summed E-state index contributed by atoms with van der Waals surface area (Å²) in [5.74, 6) is 2.34. The average Bonchev–Trinajstić information content (AvgIpc) is 2.71. The zero-order valence-electron chi connectivity index (χ0n) is 19.8. The Balaban J connectivity index is 0.00000480. The minimum absolute atomic E-state index is 0. The molecule has 0 bridgehead atoms. The summed E-state index contributed by atoms with van der Waals surface area (Å²) < 4.78 is 16.9. The van der Waals surface area contributed by atoms with E-state index in [0.717, 1.165) is 56.6 Å². The van der Waals surface area contributed by atoms with Gasteiger partial charge in [0.15, 0.2) is 5.96 Å². The van der Waals surface area contributed by atoms with Crippen LogP contribution in [0.2, 0.25) is 0 Å². The highest BCUT2D eigenvalue weighted by Gasteiger charge is 2.21. The topological polar surface area (TPSA) is 67.4 Å². The number of ether oxygens (including phenoxy) is 3. The highest BCUT2D eigenvalue weighted by Crippen LogP contribution is 2.21. The van der Waals surface area contributed by atoms with Crippen molar-refractivity contribution in [2.45, 2.75) is 40.3 Å². The molecule has 178 valence electrons. The first-order chi connectivity index (χ1) is 14.5. The number of hydrogen-bond acceptors (Lipinski definition) is 5. The molecule has 0 saturated carbocycles. The summed E-state index contributed by atoms with van der Waals surface area (Å²) in [6, 6.07) is 6.23. The van der Waals surface area contributed by atoms with Crippen molar-refractivity contribution in [3.8, 4) is 5.75 Å². The van der Waals surface area contributed by atoms with E-state index in [-0.39, 0.29) is 30.1 Å². The third-order valence-electron chi connectivity index (χ3n) is 4.86. The molecule has 2 N–H and O–H groups in total. The molecule has 1 aromatic carbocycles. The molecule has 0 spiro atoms. The summed E-state index contributed by atoms with van der Waals surface area (Å²) in [4.78, 5) is 7.25. The van der Waals surface area contributed by atoms with Gasteiger partial charge in [0.1, 0.15) is 12.4 Å². The average molecular weight is 549 g/mol. The predicted molar refractivity (Wildman–Crippen MR) is 138 cm³/mol. The Bertz CT molecular complexity index is 658. The number of morpholine rings is 1. The van der Waals surface area contributed by atoms with Crippen molar-refractivity contribution in [1.82, 2.24) is 15.5 Å². The van der Waals surface area contributed by atoms with Crippen LogP contribution in [0, 0.1) is 12.8 Å². The van der Waals surface area contributed by atoms with E-state index in [1.165, 1.54) is 5.56 Å². The number of guanidine groups is 1. The molecule has 1 fully saturated rings. The largest absolute Gasteiger partial charge is 0.491 e. The molecule has 1 aliphatic rings. The monoisotopic (exact) mass is 548 g/mol. The van der Waals surface area contributed by atoms with Crippen molar-refractivity contribution in [1.29, 1.82) is 0 Å². The molecule has 1 atom stereocenters. The number of rotatable bonds is 11. The fraction of sp³-hybridized carbons (Fsp3) is 0.696. The first-order valence-electron chi connectivity index (χ1n) is 11.1. The Labute approximate surface area is 205 Å². The zero-order chi connectivity index (χ0) is 21.8. The lowest BCUT2D eigenvalue weighted by molar-refractivity contribution is -0.0284. The van der Waals surface area contributed by atoms with Gasteiger partial charge >= 0.3 is 0 Å². The Morgan fingerprint density at radius 1 is 1.29 bits per heavy atom. The summed E-state index contributed by atoms with van der Waals surface area (Å²) in [5, 5.41) is 6.77. The number of aryl methyl sites for hydroxylation is 1. The second-order valence-electron chi connectivity index (χ2n) is 8.17. The van der Waals surface area contributed by atoms with Gasteiger partial charge in [-0.05, 0) is 31.4 Å². The van der Waals surface area contributed by atoms with Gasteiger partial charge in [-0.1, -0.05) is 26.0 Å². The number of methoxy groups -OCH3 is 1. The van der Waals surface area contributed by atoms with Gasteiger partial charge in [0.2, 0.25) is 0 Å². The zero-order valence-corrected chi connectivity index (χ0v) is 22.1. The predicted octanol–water partition coefficient (Wildman–Crippen LogP) is 3.05. The highest BCUT2D eigenvalue weighted by molar-refractivity contribution is 14.0. The van der Waals surface area contributed by atoms with E-state index in [2.05, 4.69) is 61.4 Å². The SMILES string of the molecule is CCNC(=NCc1ccc(C)cc1OCCOC)NCC1CN(CC(C)C)CCO1.I. The van der Waals surface area contributed by atoms with E-state index < -0.39 is 0 Å². The van der Waals surface area contributed by atoms with Gasteiger partial charge in [-0.2, -0.15) is 0 Å². The molecule has 1 aromatic rings. The number of nitrogens with one attached hydrogen (secondary N) is 2. The molecule has 1 saturated heterocycles. The molecular weight excluding hydrogens is 507 g/mol. The van der Waals surface area contributed by atoms with Crippen molar-refractivity contribution in [2.24, 2.45) is 10.9 Å². The Morgan fingerprint density at radius 2 is 2.10 bits per heavy atom. The number of benzene rings is 1. The van der Waals surface area contributed by atoms with Crippen LogP contribution in [0.25, 0.3) is 0 Å². The first kappa shape index (κ1) is 27.9. The molecule has 7 nitrogen and oxygen atoms in total. The molecule has 0 radical (unpaired) electrons. The van der Waals surface area contributed by atoms with Crippen LogP contribution in [-0.4, -0.2) is 76.6 Å². The second kappa shape index (κ2) is 15.7. The summed E-state index contributed by atoms with van der Waals surface area (Å²) >= 11 is 0. The molecule has 0 aromatic heterocycles. The van der Waals surface area contributed by atoms with Gasteiger partial charge in [0.25, 0.3) is 0 Å². The van der Waals surface area contributed by atoms with Gasteiger partial charge in [-0.15, -0.1) is 24.0 Å². The van der Waals surface area contributed by atoms with E-state index in [9.17, 15) is 0 Å². The van der Waals surface area contributed by atoms with Crippen LogP contribution in [0.1, 0.15) is 31.9 Å². The summed E-state index contributed by atoms with van der Waals surface area (Å²) in [6.45, 7) is 15.7. The lowest BCUT2D eigenvalue weighted by Gasteiger charge is -2.34. The molecule has 8 heteroatoms. The fourth-order valence-corrected chi connectivity index (χ4v) is 3.46. The molecule has 0 amide bonds. The van der Waals surface area contributed by atoms with E-state index in [4.69, 9.17) is 19.2 Å². The number of hydrogen-bond donors (Lipinski definition) is 2. The fourth-order valence-electron chi connectivity index (χ4n) is 3.46. The second-order valence-corrected chi connectivity index (χ2v) is 8.17. The van der Waals surface area contributed by atoms with Gasteiger partial charge in [-0.25, -0.2) is 4.99 Å². The Hall–Kier alpha value is -1.10. The number of aliphatic imine (C=N–C) groups is 1. The lowest BCUT2D eigenvalue weighted by Crippen LogP contribution is -2.50. The van der Waals surface area contributed by atoms with Crippen molar-refractivity contribution in [2.75, 3.05) is 59.7 Å². The highest BCUT2D eigenvalue weighted by atomic mass is 127. The molecular formula is C23H41IN4O3. The van der Waals surface area contributed by atoms with Crippen LogP contribution in [-0.2, 0) is 16.0 Å². The van der Waals surface area contributed by atoms with E-state index in [1.807, 2.05) is 0 Å². The summed E-state index contributed by atoms with van der Waals surface area (Å²) in [5.41, 5.74) is 2.23. The third kappa shape index (κ3) is 10.9. The molecule has 0 aliphatic carbocycles. The summed E-state index contributed by atoms with van der Waals surface area (Å²) in [6.07, 6.45) is 0.175. The van der Waals surface area contributed by atoms with Gasteiger partial charge in [-0.3, -0.25) is 4.90 Å². The van der Waals surface area contributed by atoms with Crippen molar-refractivity contribution >= 4 is 29.9 Å². The number of nitrogens with zero attached hydrogens (tertiary/aromatic N) is 2. The van der Waals surface area contributed by atoms with E-state index >= 15 is 0 Å². The van der Waals surface area contributed by atoms with Crippen LogP contribution in [0.4, 0.5) is 0 Å². The molecule has 2 rings (SSSR count). The third-order valence-corrected chi connectivity index (χ3v) is 4.86. The minimum Gasteiger partial charge on any atom is -0.491 e. The van der Waals surface area contributed by atoms with Gasteiger partial charge in [0.05, 0.1) is 25.9 Å². The first-order valence-corrected chi connectivity index (χ1v) is 11.1. The van der Waals surface area contributed by atoms with Crippen molar-refractivity contribution in [3.05, 3.63) is 29.3 Å². The van der Waals surface area contributed by atoms with E-state index in [0.29, 0.717) is 25.7 Å². The lowest BCUT2D eigenvalue weighted by atomic mass is 10.1. The van der Waals surface area contributed by atoms with Crippen LogP contribution in [0.5, 0.6) is 5.75 Å². The van der Waals surface area contributed by atoms with Gasteiger partial charge < -0.3 is 24.8 Å². The maximum atomic E-state index is 5.95. The summed E-state index contributed by atoms with van der Waals surface area (Å²) in [7, 11) is 1.68.